The summed E-state index contributed by atoms with van der Waals surface area (Å²) in [5.74, 6) is -0.0102. The van der Waals surface area contributed by atoms with Crippen molar-refractivity contribution in [3.05, 3.63) is 51.2 Å². The molecule has 0 aliphatic carbocycles. The van der Waals surface area contributed by atoms with Gasteiger partial charge < -0.3 is 5.32 Å². The van der Waals surface area contributed by atoms with Crippen molar-refractivity contribution in [1.82, 2.24) is 10.2 Å². The summed E-state index contributed by atoms with van der Waals surface area (Å²) in [5, 5.41) is 20.3. The van der Waals surface area contributed by atoms with Crippen molar-refractivity contribution < 1.29 is 9.72 Å². The Bertz CT molecular complexity index is 679. The lowest BCUT2D eigenvalue weighted by Gasteiger charge is -2.03. The second-order valence-corrected chi connectivity index (χ2v) is 4.80. The van der Waals surface area contributed by atoms with Crippen LogP contribution in [0.5, 0.6) is 0 Å². The number of carbonyl (C=O) groups is 1. The Morgan fingerprint density at radius 2 is 2.14 bits per heavy atom. The highest BCUT2D eigenvalue weighted by Crippen LogP contribution is 2.18. The number of non-ortho nitro benzene ring substituents is 1. The molecule has 0 spiro atoms. The monoisotopic (exact) mass is 288 g/mol. The van der Waals surface area contributed by atoms with Crippen molar-refractivity contribution in [3.8, 4) is 0 Å². The molecule has 0 saturated carbocycles. The van der Waals surface area contributed by atoms with Crippen LogP contribution in [0.15, 0.2) is 24.3 Å². The first kappa shape index (κ1) is 14.7. The van der Waals surface area contributed by atoms with Crippen LogP contribution in [0.25, 0.3) is 0 Å². The van der Waals surface area contributed by atoms with E-state index >= 15 is 0 Å². The van der Waals surface area contributed by atoms with Gasteiger partial charge >= 0.3 is 0 Å². The number of benzene rings is 1. The smallest absolute Gasteiger partial charge is 0.270 e. The van der Waals surface area contributed by atoms with E-state index < -0.39 is 10.8 Å². The van der Waals surface area contributed by atoms with Gasteiger partial charge in [-0.2, -0.15) is 5.10 Å². The zero-order valence-electron chi connectivity index (χ0n) is 11.8. The molecule has 1 aromatic heterocycles. The molecule has 0 fully saturated rings. The quantitative estimate of drug-likeness (QED) is 0.652. The van der Waals surface area contributed by atoms with Gasteiger partial charge in [0.25, 0.3) is 11.6 Å². The Kier molecular flexibility index (Phi) is 4.32. The maximum Gasteiger partial charge on any atom is 0.270 e. The molecule has 0 aliphatic rings. The summed E-state index contributed by atoms with van der Waals surface area (Å²) in [5.41, 5.74) is 1.72. The molecule has 7 nitrogen and oxygen atoms in total. The van der Waals surface area contributed by atoms with Crippen LogP contribution >= 0.6 is 0 Å². The fraction of sp³-hybridized carbons (Fsp3) is 0.286. The van der Waals surface area contributed by atoms with E-state index in [4.69, 9.17) is 0 Å². The van der Waals surface area contributed by atoms with Crippen LogP contribution in [0.1, 0.15) is 35.0 Å². The molecule has 2 N–H and O–H groups in total. The van der Waals surface area contributed by atoms with E-state index in [1.165, 1.54) is 12.1 Å². The maximum absolute atomic E-state index is 12.1. The fourth-order valence-electron chi connectivity index (χ4n) is 2.01. The Morgan fingerprint density at radius 1 is 1.38 bits per heavy atom. The van der Waals surface area contributed by atoms with Crippen molar-refractivity contribution in [2.45, 2.75) is 26.7 Å². The minimum atomic E-state index is -0.516. The number of amides is 1. The number of rotatable bonds is 5. The summed E-state index contributed by atoms with van der Waals surface area (Å²) >= 11 is 0. The molecule has 0 radical (unpaired) electrons. The third-order valence-corrected chi connectivity index (χ3v) is 2.93. The molecule has 0 bridgehead atoms. The second-order valence-electron chi connectivity index (χ2n) is 4.80. The molecule has 0 aliphatic heterocycles. The largest absolute Gasteiger partial charge is 0.305 e. The highest BCUT2D eigenvalue weighted by molar-refractivity contribution is 6.04. The zero-order chi connectivity index (χ0) is 15.4. The van der Waals surface area contributed by atoms with E-state index in [1.807, 2.05) is 6.92 Å². The van der Waals surface area contributed by atoms with Crippen LogP contribution in [0.4, 0.5) is 11.5 Å². The third kappa shape index (κ3) is 3.65. The molecular weight excluding hydrogens is 272 g/mol. The lowest BCUT2D eigenvalue weighted by molar-refractivity contribution is -0.384. The molecule has 0 atom stereocenters. The van der Waals surface area contributed by atoms with Gasteiger partial charge in [0.15, 0.2) is 5.82 Å². The molecule has 0 saturated heterocycles. The Labute approximate surface area is 121 Å². The van der Waals surface area contributed by atoms with Crippen molar-refractivity contribution in [3.63, 3.8) is 0 Å². The van der Waals surface area contributed by atoms with Crippen molar-refractivity contribution >= 4 is 17.4 Å². The summed E-state index contributed by atoms with van der Waals surface area (Å²) in [6.45, 7) is 3.75. The number of H-pyrrole nitrogens is 1. The number of hydrogen-bond donors (Lipinski definition) is 2. The minimum Gasteiger partial charge on any atom is -0.305 e. The Morgan fingerprint density at radius 3 is 2.81 bits per heavy atom. The van der Waals surface area contributed by atoms with Gasteiger partial charge in [0.05, 0.1) is 4.92 Å². The van der Waals surface area contributed by atoms with E-state index in [1.54, 1.807) is 19.1 Å². The fourth-order valence-corrected chi connectivity index (χ4v) is 2.01. The van der Waals surface area contributed by atoms with E-state index in [0.717, 1.165) is 18.5 Å². The predicted octanol–water partition coefficient (Wildman–Crippen LogP) is 2.83. The van der Waals surface area contributed by atoms with E-state index in [9.17, 15) is 14.9 Å². The number of anilines is 1. The van der Waals surface area contributed by atoms with Crippen LogP contribution in [-0.2, 0) is 6.42 Å². The van der Waals surface area contributed by atoms with Crippen LogP contribution in [0, 0.1) is 17.0 Å². The number of nitro groups is 1. The van der Waals surface area contributed by atoms with Gasteiger partial charge in [-0.05, 0) is 25.0 Å². The topological polar surface area (TPSA) is 101 Å². The first-order valence-electron chi connectivity index (χ1n) is 6.61. The van der Waals surface area contributed by atoms with Crippen LogP contribution in [-0.4, -0.2) is 21.0 Å². The average molecular weight is 288 g/mol. The number of aromatic amines is 1. The second kappa shape index (κ2) is 6.17. The summed E-state index contributed by atoms with van der Waals surface area (Å²) < 4.78 is 0. The molecule has 110 valence electrons. The van der Waals surface area contributed by atoms with E-state index in [-0.39, 0.29) is 11.3 Å². The number of aryl methyl sites for hydroxylation is 2. The van der Waals surface area contributed by atoms with Crippen molar-refractivity contribution in [2.75, 3.05) is 5.32 Å². The first-order chi connectivity index (χ1) is 9.99. The van der Waals surface area contributed by atoms with Gasteiger partial charge in [-0.3, -0.25) is 20.0 Å². The first-order valence-corrected chi connectivity index (χ1v) is 6.61. The van der Waals surface area contributed by atoms with E-state index in [0.29, 0.717) is 11.4 Å². The molecule has 1 amide bonds. The number of aromatic nitrogens is 2. The van der Waals surface area contributed by atoms with Gasteiger partial charge in [-0.1, -0.05) is 13.3 Å². The number of nitro benzene ring substituents is 1. The number of nitrogens with zero attached hydrogens (tertiary/aromatic N) is 2. The maximum atomic E-state index is 12.1. The van der Waals surface area contributed by atoms with E-state index in [2.05, 4.69) is 15.5 Å². The van der Waals surface area contributed by atoms with Crippen LogP contribution < -0.4 is 5.32 Å². The number of nitrogens with one attached hydrogen (secondary N) is 2. The highest BCUT2D eigenvalue weighted by Gasteiger charge is 2.14. The number of hydrogen-bond acceptors (Lipinski definition) is 4. The summed E-state index contributed by atoms with van der Waals surface area (Å²) in [6, 6.07) is 6.03. The zero-order valence-corrected chi connectivity index (χ0v) is 11.8. The van der Waals surface area contributed by atoms with Crippen LogP contribution in [0.2, 0.25) is 0 Å². The molecule has 2 aromatic rings. The molecule has 2 rings (SSSR count). The lowest BCUT2D eigenvalue weighted by atomic mass is 10.1. The third-order valence-electron chi connectivity index (χ3n) is 2.93. The Hall–Kier alpha value is -2.70. The standard InChI is InChI=1S/C14H16N4O3/c1-3-4-11-8-13(17-16-11)15-14(19)10-5-9(2)6-12(7-10)18(20)21/h5-8H,3-4H2,1-2H3,(H2,15,16,17,19). The van der Waals surface area contributed by atoms with Crippen molar-refractivity contribution in [2.24, 2.45) is 0 Å². The molecule has 1 heterocycles. The molecule has 21 heavy (non-hydrogen) atoms. The van der Waals surface area contributed by atoms with Gasteiger partial charge in [-0.25, -0.2) is 0 Å². The molecule has 7 heteroatoms. The molecule has 1 aromatic carbocycles. The molecule has 0 unspecified atom stereocenters. The lowest BCUT2D eigenvalue weighted by Crippen LogP contribution is -2.12. The predicted molar refractivity (Wildman–Crippen MR) is 78.4 cm³/mol. The highest BCUT2D eigenvalue weighted by atomic mass is 16.6. The SMILES string of the molecule is CCCc1cc(NC(=O)c2cc(C)cc([N+](=O)[O-])c2)n[nH]1. The Balaban J connectivity index is 2.17. The average Bonchev–Trinajstić information content (AvgIpc) is 2.85. The van der Waals surface area contributed by atoms with Gasteiger partial charge in [0.1, 0.15) is 0 Å². The van der Waals surface area contributed by atoms with Gasteiger partial charge in [-0.15, -0.1) is 0 Å². The van der Waals surface area contributed by atoms with Crippen molar-refractivity contribution in [1.29, 1.82) is 0 Å². The summed E-state index contributed by atoms with van der Waals surface area (Å²) in [4.78, 5) is 22.4. The van der Waals surface area contributed by atoms with Gasteiger partial charge in [0, 0.05) is 29.5 Å². The minimum absolute atomic E-state index is 0.103. The number of carbonyl (C=O) groups excluding carboxylic acids is 1. The summed E-state index contributed by atoms with van der Waals surface area (Å²) in [6.07, 6.45) is 1.82. The van der Waals surface area contributed by atoms with Crippen LogP contribution in [0.3, 0.4) is 0 Å². The van der Waals surface area contributed by atoms with Gasteiger partial charge in [0.2, 0.25) is 0 Å². The normalized spacial score (nSPS) is 10.4. The summed E-state index contributed by atoms with van der Waals surface area (Å²) in [7, 11) is 0. The molecular formula is C14H16N4O3.